The normalized spacial score (nSPS) is 16.4. The minimum atomic E-state index is -1.83. The van der Waals surface area contributed by atoms with Gasteiger partial charge in [-0.25, -0.2) is 19.6 Å². The third kappa shape index (κ3) is 7.31. The van der Waals surface area contributed by atoms with E-state index in [0.717, 1.165) is 0 Å². The predicted octanol–water partition coefficient (Wildman–Crippen LogP) is 0.320. The number of carbonyl (C=O) groups is 3. The first-order valence-corrected chi connectivity index (χ1v) is 7.00. The molecule has 144 valence electrons. The van der Waals surface area contributed by atoms with Crippen LogP contribution in [0.2, 0.25) is 0 Å². The van der Waals surface area contributed by atoms with Crippen LogP contribution in [0.5, 0.6) is 0 Å². The van der Waals surface area contributed by atoms with Gasteiger partial charge in [-0.05, 0) is 27.7 Å². The molecule has 0 bridgehead atoms. The van der Waals surface area contributed by atoms with Crippen molar-refractivity contribution in [3.05, 3.63) is 18.2 Å². The molecule has 1 aliphatic heterocycles. The molecule has 0 spiro atoms. The van der Waals surface area contributed by atoms with Crippen LogP contribution < -0.4 is 11.2 Å². The van der Waals surface area contributed by atoms with E-state index in [4.69, 9.17) is 45.1 Å². The lowest BCUT2D eigenvalue weighted by atomic mass is 9.81. The minimum Gasteiger partial charge on any atom is -0.450 e. The number of carbonyl (C=O) groups excluding carboxylic acids is 1. The maximum absolute atomic E-state index is 10.9. The van der Waals surface area contributed by atoms with Gasteiger partial charge in [0, 0.05) is 17.9 Å². The smallest absolute Gasteiger partial charge is 0.450 e. The van der Waals surface area contributed by atoms with Crippen molar-refractivity contribution in [2.75, 3.05) is 0 Å². The average Bonchev–Trinajstić information content (AvgIpc) is 2.66. The Morgan fingerprint density at radius 1 is 0.923 bits per heavy atom. The molecule has 2 heterocycles. The molecule has 1 saturated heterocycles. The Morgan fingerprint density at radius 2 is 1.23 bits per heavy atom. The summed E-state index contributed by atoms with van der Waals surface area (Å²) < 4.78 is 11.7. The van der Waals surface area contributed by atoms with Crippen molar-refractivity contribution in [1.29, 1.82) is 0 Å². The summed E-state index contributed by atoms with van der Waals surface area (Å²) in [4.78, 5) is 35.7. The molecule has 0 unspecified atom stereocenters. The number of hydrogen-bond donors (Lipinski definition) is 5. The van der Waals surface area contributed by atoms with Crippen molar-refractivity contribution in [1.82, 2.24) is 9.97 Å². The largest absolute Gasteiger partial charge is 0.503 e. The maximum atomic E-state index is 10.9. The van der Waals surface area contributed by atoms with E-state index in [2.05, 4.69) is 9.97 Å². The molecule has 0 atom stereocenters. The highest BCUT2D eigenvalue weighted by Crippen LogP contribution is 2.36. The van der Waals surface area contributed by atoms with Gasteiger partial charge in [-0.3, -0.25) is 4.79 Å². The second kappa shape index (κ2) is 8.96. The summed E-state index contributed by atoms with van der Waals surface area (Å²) in [6.45, 7) is 7.86. The SMILES string of the molecule is CC1(C)OB(c2cnc(C(N)=O)nc2)OC1(C)C.O=C(O)O.O=C(O)O. The van der Waals surface area contributed by atoms with E-state index in [1.807, 2.05) is 27.7 Å². The third-order valence-electron chi connectivity index (χ3n) is 3.42. The van der Waals surface area contributed by atoms with Crippen LogP contribution in [-0.2, 0) is 9.31 Å². The van der Waals surface area contributed by atoms with Gasteiger partial charge >= 0.3 is 19.4 Å². The van der Waals surface area contributed by atoms with E-state index in [1.165, 1.54) is 12.4 Å². The quantitative estimate of drug-likeness (QED) is 0.447. The number of carboxylic acid groups (broad SMARTS) is 4. The number of amides is 1. The van der Waals surface area contributed by atoms with E-state index < -0.39 is 36.5 Å². The summed E-state index contributed by atoms with van der Waals surface area (Å²) in [5.74, 6) is -0.675. The molecule has 0 aliphatic carbocycles. The molecule has 1 aromatic rings. The number of nitrogens with two attached hydrogens (primary N) is 1. The maximum Gasteiger partial charge on any atom is 0.503 e. The van der Waals surface area contributed by atoms with Gasteiger partial charge in [0.25, 0.3) is 5.91 Å². The molecule has 1 aromatic heterocycles. The summed E-state index contributed by atoms with van der Waals surface area (Å²) in [7, 11) is -0.531. The summed E-state index contributed by atoms with van der Waals surface area (Å²) in [5, 5.41) is 27.9. The van der Waals surface area contributed by atoms with Crippen molar-refractivity contribution in [3.63, 3.8) is 0 Å². The van der Waals surface area contributed by atoms with Gasteiger partial charge in [0.15, 0.2) is 0 Å². The molecular weight excluding hydrogens is 353 g/mol. The number of hydrogen-bond acceptors (Lipinski definition) is 7. The van der Waals surface area contributed by atoms with Gasteiger partial charge in [-0.15, -0.1) is 0 Å². The van der Waals surface area contributed by atoms with E-state index >= 15 is 0 Å². The zero-order valence-corrected chi connectivity index (χ0v) is 14.5. The fourth-order valence-corrected chi connectivity index (χ4v) is 1.57. The van der Waals surface area contributed by atoms with E-state index in [-0.39, 0.29) is 5.82 Å². The number of rotatable bonds is 2. The lowest BCUT2D eigenvalue weighted by Crippen LogP contribution is -2.41. The van der Waals surface area contributed by atoms with Crippen LogP contribution in [0, 0.1) is 0 Å². The highest BCUT2D eigenvalue weighted by molar-refractivity contribution is 6.61. The topological polar surface area (TPSA) is 202 Å². The first-order chi connectivity index (χ1) is 11.7. The van der Waals surface area contributed by atoms with Gasteiger partial charge in [-0.1, -0.05) is 0 Å². The van der Waals surface area contributed by atoms with Crippen LogP contribution in [0.3, 0.4) is 0 Å². The molecular formula is C13H20BN3O9. The van der Waals surface area contributed by atoms with Gasteiger partial charge in [0.2, 0.25) is 5.82 Å². The second-order valence-corrected chi connectivity index (χ2v) is 5.86. The van der Waals surface area contributed by atoms with E-state index in [1.54, 1.807) is 0 Å². The van der Waals surface area contributed by atoms with Crippen LogP contribution in [0.1, 0.15) is 38.3 Å². The van der Waals surface area contributed by atoms with Crippen LogP contribution in [0.25, 0.3) is 0 Å². The van der Waals surface area contributed by atoms with Crippen LogP contribution in [-0.4, -0.2) is 66.9 Å². The van der Waals surface area contributed by atoms with Crippen molar-refractivity contribution in [2.24, 2.45) is 5.73 Å². The zero-order chi connectivity index (χ0) is 20.7. The van der Waals surface area contributed by atoms with Crippen molar-refractivity contribution in [2.45, 2.75) is 38.9 Å². The molecule has 26 heavy (non-hydrogen) atoms. The van der Waals surface area contributed by atoms with Crippen LogP contribution in [0.4, 0.5) is 9.59 Å². The Bertz CT molecular complexity index is 613. The van der Waals surface area contributed by atoms with Gasteiger partial charge in [0.1, 0.15) is 0 Å². The summed E-state index contributed by atoms with van der Waals surface area (Å²) in [6, 6.07) is 0. The highest BCUT2D eigenvalue weighted by atomic mass is 16.7. The second-order valence-electron chi connectivity index (χ2n) is 5.86. The Hall–Kier alpha value is -2.93. The summed E-state index contributed by atoms with van der Waals surface area (Å²) in [5.41, 5.74) is 4.91. The highest BCUT2D eigenvalue weighted by Gasteiger charge is 2.51. The lowest BCUT2D eigenvalue weighted by Gasteiger charge is -2.32. The van der Waals surface area contributed by atoms with Crippen LogP contribution >= 0.6 is 0 Å². The third-order valence-corrected chi connectivity index (χ3v) is 3.42. The molecule has 6 N–H and O–H groups in total. The molecule has 2 rings (SSSR count). The van der Waals surface area contributed by atoms with Gasteiger partial charge in [0.05, 0.1) is 11.2 Å². The van der Waals surface area contributed by atoms with Gasteiger partial charge < -0.3 is 35.5 Å². The number of aromatic nitrogens is 2. The van der Waals surface area contributed by atoms with Crippen molar-refractivity contribution >= 4 is 30.8 Å². The summed E-state index contributed by atoms with van der Waals surface area (Å²) in [6.07, 6.45) is -0.676. The first-order valence-electron chi connectivity index (χ1n) is 7.00. The van der Waals surface area contributed by atoms with E-state index in [9.17, 15) is 4.79 Å². The van der Waals surface area contributed by atoms with Crippen molar-refractivity contribution in [3.8, 4) is 0 Å². The molecule has 12 nitrogen and oxygen atoms in total. The number of nitrogens with zero attached hydrogens (tertiary/aromatic N) is 2. The van der Waals surface area contributed by atoms with E-state index in [0.29, 0.717) is 5.46 Å². The molecule has 1 aliphatic rings. The molecule has 0 saturated carbocycles. The molecule has 1 amide bonds. The number of primary amides is 1. The Labute approximate surface area is 148 Å². The molecule has 0 aromatic carbocycles. The zero-order valence-electron chi connectivity index (χ0n) is 14.5. The monoisotopic (exact) mass is 373 g/mol. The predicted molar refractivity (Wildman–Crippen MR) is 87.6 cm³/mol. The fourth-order valence-electron chi connectivity index (χ4n) is 1.57. The Kier molecular flexibility index (Phi) is 7.95. The lowest BCUT2D eigenvalue weighted by molar-refractivity contribution is 0.00578. The average molecular weight is 373 g/mol. The minimum absolute atomic E-state index is 0.0183. The first kappa shape index (κ1) is 23.1. The fraction of sp³-hybridized carbons (Fsp3) is 0.462. The Balaban J connectivity index is 0.000000662. The van der Waals surface area contributed by atoms with Crippen LogP contribution in [0.15, 0.2) is 12.4 Å². The standard InChI is InChI=1S/C11H16BN3O3.2CH2O3/c1-10(2)11(3,4)18-12(17-10)7-5-14-9(8(13)16)15-6-7;2*2-1(3)4/h5-6H,1-4H3,(H2,13,16);2*(H2,2,3,4). The molecule has 13 heteroatoms. The van der Waals surface area contributed by atoms with Crippen molar-refractivity contribution < 1.29 is 44.1 Å². The summed E-state index contributed by atoms with van der Waals surface area (Å²) >= 11 is 0. The molecule has 1 fully saturated rings. The molecule has 0 radical (unpaired) electrons. The van der Waals surface area contributed by atoms with Gasteiger partial charge in [-0.2, -0.15) is 0 Å². The Morgan fingerprint density at radius 3 is 1.50 bits per heavy atom.